The van der Waals surface area contributed by atoms with Crippen molar-refractivity contribution in [2.75, 3.05) is 0 Å². The fraction of sp³-hybridized carbons (Fsp3) is 0.0175. The van der Waals surface area contributed by atoms with Crippen LogP contribution >= 0.6 is 0 Å². The fourth-order valence-corrected chi connectivity index (χ4v) is 9.16. The average molecular weight is 780 g/mol. The standard InChI is InChI=1S/C57H37N3O/c1-2-13-37(14-3-1)45-17-8-9-18-46(45)39-24-26-40(27-25-39)48-32-33-52-53(49-20-10-11-21-51(49)61-52)54(48)57-59-55(43-30-22-36-12-4-5-16-42(36)34-43)58-56(60-57)44-31-29-41-28-23-38-15-6-7-19-47(38)50(41)35-44/h1-35,57H,(H,58,59,60). The summed E-state index contributed by atoms with van der Waals surface area (Å²) in [5.74, 6) is 1.44. The fourth-order valence-electron chi connectivity index (χ4n) is 9.16. The van der Waals surface area contributed by atoms with Crippen LogP contribution in [0.4, 0.5) is 0 Å². The molecule has 10 aromatic carbocycles. The molecule has 12 rings (SSSR count). The zero-order valence-corrected chi connectivity index (χ0v) is 33.1. The van der Waals surface area contributed by atoms with Crippen LogP contribution in [0.25, 0.3) is 87.6 Å². The Labute approximate surface area is 352 Å². The number of benzene rings is 10. The van der Waals surface area contributed by atoms with Gasteiger partial charge >= 0.3 is 0 Å². The molecular weight excluding hydrogens is 743 g/mol. The predicted octanol–water partition coefficient (Wildman–Crippen LogP) is 14.5. The van der Waals surface area contributed by atoms with Gasteiger partial charge < -0.3 is 9.73 Å². The number of para-hydroxylation sites is 1. The summed E-state index contributed by atoms with van der Waals surface area (Å²) >= 11 is 0. The van der Waals surface area contributed by atoms with Crippen LogP contribution in [0.3, 0.4) is 0 Å². The normalized spacial score (nSPS) is 14.1. The molecule has 1 aliphatic heterocycles. The molecule has 11 aromatic rings. The highest BCUT2D eigenvalue weighted by atomic mass is 16.3. The first kappa shape index (κ1) is 34.9. The van der Waals surface area contributed by atoms with Gasteiger partial charge in [-0.1, -0.05) is 188 Å². The molecule has 4 heteroatoms. The minimum atomic E-state index is -0.504. The number of aliphatic imine (C=N–C) groups is 2. The molecule has 0 radical (unpaired) electrons. The van der Waals surface area contributed by atoms with Gasteiger partial charge in [0.25, 0.3) is 0 Å². The lowest BCUT2D eigenvalue weighted by Crippen LogP contribution is -2.34. The Morgan fingerprint density at radius 2 is 0.951 bits per heavy atom. The number of furan rings is 1. The zero-order valence-electron chi connectivity index (χ0n) is 33.1. The van der Waals surface area contributed by atoms with Crippen LogP contribution in [0.2, 0.25) is 0 Å². The van der Waals surface area contributed by atoms with Crippen molar-refractivity contribution in [3.63, 3.8) is 0 Å². The number of nitrogens with zero attached hydrogens (tertiary/aromatic N) is 2. The third kappa shape index (κ3) is 6.08. The molecule has 0 bridgehead atoms. The molecule has 0 amide bonds. The monoisotopic (exact) mass is 779 g/mol. The molecule has 1 aliphatic rings. The molecule has 0 spiro atoms. The van der Waals surface area contributed by atoms with Crippen LogP contribution in [-0.4, -0.2) is 11.7 Å². The summed E-state index contributed by atoms with van der Waals surface area (Å²) in [4.78, 5) is 10.9. The van der Waals surface area contributed by atoms with E-state index >= 15 is 0 Å². The van der Waals surface area contributed by atoms with Gasteiger partial charge in [-0.15, -0.1) is 0 Å². The maximum atomic E-state index is 6.56. The first-order valence-electron chi connectivity index (χ1n) is 20.8. The minimum Gasteiger partial charge on any atom is -0.456 e. The van der Waals surface area contributed by atoms with Gasteiger partial charge in [0.1, 0.15) is 23.2 Å². The summed E-state index contributed by atoms with van der Waals surface area (Å²) in [6, 6.07) is 75.3. The third-order valence-corrected chi connectivity index (χ3v) is 12.1. The quantitative estimate of drug-likeness (QED) is 0.171. The summed E-state index contributed by atoms with van der Waals surface area (Å²) in [6.45, 7) is 0. The summed E-state index contributed by atoms with van der Waals surface area (Å²) in [5.41, 5.74) is 11.6. The third-order valence-electron chi connectivity index (χ3n) is 12.1. The van der Waals surface area contributed by atoms with Crippen LogP contribution in [0.1, 0.15) is 22.9 Å². The summed E-state index contributed by atoms with van der Waals surface area (Å²) < 4.78 is 6.56. The SMILES string of the molecule is c1ccc(-c2ccccc2-c2ccc(-c3ccc4oc5ccccc5c4c3C3N=C(c4ccc5ccc6ccccc6c5c4)N=C(c4ccc5ccccc5c4)N3)cc2)cc1. The van der Waals surface area contributed by atoms with Gasteiger partial charge in [0.05, 0.1) is 0 Å². The van der Waals surface area contributed by atoms with Gasteiger partial charge in [-0.05, 0) is 90.0 Å². The van der Waals surface area contributed by atoms with Crippen LogP contribution in [0, 0.1) is 0 Å². The van der Waals surface area contributed by atoms with E-state index in [-0.39, 0.29) is 0 Å². The van der Waals surface area contributed by atoms with E-state index in [1.54, 1.807) is 0 Å². The Morgan fingerprint density at radius 3 is 1.75 bits per heavy atom. The lowest BCUT2D eigenvalue weighted by molar-refractivity contribution is 0.663. The summed E-state index contributed by atoms with van der Waals surface area (Å²) in [6.07, 6.45) is -0.504. The number of nitrogens with one attached hydrogen (secondary N) is 1. The van der Waals surface area contributed by atoms with Crippen LogP contribution in [0.15, 0.2) is 227 Å². The minimum absolute atomic E-state index is 0.504. The summed E-state index contributed by atoms with van der Waals surface area (Å²) in [7, 11) is 0. The Bertz CT molecular complexity index is 3560. The van der Waals surface area contributed by atoms with Gasteiger partial charge in [0.2, 0.25) is 0 Å². The topological polar surface area (TPSA) is 49.9 Å². The van der Waals surface area contributed by atoms with E-state index in [0.29, 0.717) is 5.84 Å². The maximum Gasteiger partial charge on any atom is 0.159 e. The largest absolute Gasteiger partial charge is 0.456 e. The highest BCUT2D eigenvalue weighted by Crippen LogP contribution is 2.42. The molecular formula is C57H37N3O. The molecule has 0 aliphatic carbocycles. The Balaban J connectivity index is 1.06. The van der Waals surface area contributed by atoms with E-state index in [2.05, 4.69) is 206 Å². The summed E-state index contributed by atoms with van der Waals surface area (Å²) in [5, 5.41) is 13.0. The Hall–Kier alpha value is -8.08. The number of fused-ring (bicyclic) bond motifs is 7. The second-order valence-electron chi connectivity index (χ2n) is 15.7. The molecule has 0 saturated heterocycles. The highest BCUT2D eigenvalue weighted by molar-refractivity contribution is 6.17. The average Bonchev–Trinajstić information content (AvgIpc) is 3.72. The second kappa shape index (κ2) is 14.3. The number of hydrogen-bond acceptors (Lipinski definition) is 4. The van der Waals surface area contributed by atoms with Crippen molar-refractivity contribution in [1.29, 1.82) is 0 Å². The van der Waals surface area contributed by atoms with E-state index in [4.69, 9.17) is 14.4 Å². The van der Waals surface area contributed by atoms with Crippen molar-refractivity contribution < 1.29 is 4.42 Å². The van der Waals surface area contributed by atoms with Gasteiger partial charge in [0, 0.05) is 27.5 Å². The molecule has 286 valence electrons. The van der Waals surface area contributed by atoms with Gasteiger partial charge in [0.15, 0.2) is 5.84 Å². The van der Waals surface area contributed by atoms with Crippen LogP contribution in [0.5, 0.6) is 0 Å². The molecule has 61 heavy (non-hydrogen) atoms. The lowest BCUT2D eigenvalue weighted by Gasteiger charge is -2.26. The second-order valence-corrected chi connectivity index (χ2v) is 15.7. The predicted molar refractivity (Wildman–Crippen MR) is 254 cm³/mol. The molecule has 1 N–H and O–H groups in total. The lowest BCUT2D eigenvalue weighted by atomic mass is 9.90. The van der Waals surface area contributed by atoms with Gasteiger partial charge in [-0.3, -0.25) is 0 Å². The molecule has 1 unspecified atom stereocenters. The molecule has 0 fully saturated rings. The zero-order chi connectivity index (χ0) is 40.3. The smallest absolute Gasteiger partial charge is 0.159 e. The van der Waals surface area contributed by atoms with Crippen molar-refractivity contribution in [3.05, 3.63) is 229 Å². The van der Waals surface area contributed by atoms with E-state index in [1.807, 2.05) is 12.1 Å². The van der Waals surface area contributed by atoms with Crippen molar-refractivity contribution in [3.8, 4) is 33.4 Å². The van der Waals surface area contributed by atoms with E-state index in [9.17, 15) is 0 Å². The Kier molecular flexibility index (Phi) is 8.20. The van der Waals surface area contributed by atoms with E-state index in [1.165, 1.54) is 43.6 Å². The molecule has 1 aromatic heterocycles. The first-order valence-corrected chi connectivity index (χ1v) is 20.8. The maximum absolute atomic E-state index is 6.56. The van der Waals surface area contributed by atoms with Gasteiger partial charge in [-0.25, -0.2) is 9.98 Å². The van der Waals surface area contributed by atoms with Crippen molar-refractivity contribution >= 4 is 65.9 Å². The van der Waals surface area contributed by atoms with E-state index < -0.39 is 6.17 Å². The molecule has 1 atom stereocenters. The van der Waals surface area contributed by atoms with Crippen LogP contribution < -0.4 is 5.32 Å². The number of amidine groups is 2. The van der Waals surface area contributed by atoms with Crippen molar-refractivity contribution in [2.45, 2.75) is 6.17 Å². The van der Waals surface area contributed by atoms with Crippen molar-refractivity contribution in [1.82, 2.24) is 5.32 Å². The van der Waals surface area contributed by atoms with Crippen LogP contribution in [-0.2, 0) is 0 Å². The molecule has 4 nitrogen and oxygen atoms in total. The highest BCUT2D eigenvalue weighted by Gasteiger charge is 2.28. The number of hydrogen-bond donors (Lipinski definition) is 1. The molecule has 2 heterocycles. The molecule has 0 saturated carbocycles. The van der Waals surface area contributed by atoms with Gasteiger partial charge in [-0.2, -0.15) is 0 Å². The van der Waals surface area contributed by atoms with E-state index in [0.717, 1.165) is 66.5 Å². The van der Waals surface area contributed by atoms with Crippen molar-refractivity contribution in [2.24, 2.45) is 9.98 Å². The Morgan fingerprint density at radius 1 is 0.377 bits per heavy atom. The first-order chi connectivity index (χ1) is 30.2. The number of rotatable bonds is 6.